The van der Waals surface area contributed by atoms with Crippen molar-refractivity contribution in [2.75, 3.05) is 0 Å². The fourth-order valence-electron chi connectivity index (χ4n) is 1.72. The lowest BCUT2D eigenvalue weighted by atomic mass is 10.1. The van der Waals surface area contributed by atoms with Crippen LogP contribution in [0, 0.1) is 5.92 Å². The summed E-state index contributed by atoms with van der Waals surface area (Å²) in [5.41, 5.74) is 7.07. The van der Waals surface area contributed by atoms with Gasteiger partial charge in [0.2, 0.25) is 5.89 Å². The predicted molar refractivity (Wildman–Crippen MR) is 69.9 cm³/mol. The summed E-state index contributed by atoms with van der Waals surface area (Å²) in [5.74, 6) is 1.86. The Hall–Kier alpha value is -1.68. The average Bonchev–Trinajstić information content (AvgIpc) is 2.85. The summed E-state index contributed by atoms with van der Waals surface area (Å²) in [5, 5.41) is 3.97. The fraction of sp³-hybridized carbons (Fsp3) is 0.429. The Balaban J connectivity index is 2.06. The molecule has 2 rings (SSSR count). The molecule has 1 heterocycles. The molecule has 0 unspecified atom stereocenters. The zero-order valence-electron chi connectivity index (χ0n) is 10.8. The van der Waals surface area contributed by atoms with Gasteiger partial charge < -0.3 is 10.3 Å². The van der Waals surface area contributed by atoms with Crippen LogP contribution in [-0.2, 0) is 6.42 Å². The van der Waals surface area contributed by atoms with Gasteiger partial charge in [-0.2, -0.15) is 4.98 Å². The summed E-state index contributed by atoms with van der Waals surface area (Å²) < 4.78 is 5.23. The van der Waals surface area contributed by atoms with Crippen LogP contribution in [0.5, 0.6) is 0 Å². The van der Waals surface area contributed by atoms with Gasteiger partial charge in [0.15, 0.2) is 5.82 Å². The van der Waals surface area contributed by atoms with E-state index in [0.29, 0.717) is 11.8 Å². The van der Waals surface area contributed by atoms with E-state index in [1.807, 2.05) is 30.3 Å². The van der Waals surface area contributed by atoms with Gasteiger partial charge in [-0.15, -0.1) is 0 Å². The maximum atomic E-state index is 6.09. The molecule has 1 aromatic heterocycles. The number of hydrogen-bond donors (Lipinski definition) is 1. The fourth-order valence-corrected chi connectivity index (χ4v) is 1.72. The van der Waals surface area contributed by atoms with Crippen molar-refractivity contribution in [3.05, 3.63) is 47.6 Å². The first kappa shape index (κ1) is 12.8. The lowest BCUT2D eigenvalue weighted by Gasteiger charge is -2.05. The Bertz CT molecular complexity index is 479. The lowest BCUT2D eigenvalue weighted by molar-refractivity contribution is 0.361. The van der Waals surface area contributed by atoms with Crippen molar-refractivity contribution in [2.24, 2.45) is 11.7 Å². The largest absolute Gasteiger partial charge is 0.337 e. The van der Waals surface area contributed by atoms with E-state index in [1.54, 1.807) is 0 Å². The summed E-state index contributed by atoms with van der Waals surface area (Å²) in [4.78, 5) is 4.36. The van der Waals surface area contributed by atoms with Crippen molar-refractivity contribution in [1.82, 2.24) is 10.1 Å². The van der Waals surface area contributed by atoms with E-state index in [4.69, 9.17) is 10.3 Å². The molecule has 0 spiro atoms. The molecule has 0 aliphatic rings. The molecule has 0 saturated carbocycles. The molecule has 4 heteroatoms. The predicted octanol–water partition coefficient (Wildman–Crippen LogP) is 2.71. The first-order valence-electron chi connectivity index (χ1n) is 6.30. The zero-order valence-corrected chi connectivity index (χ0v) is 10.8. The lowest BCUT2D eigenvalue weighted by Crippen LogP contribution is -2.12. The third-order valence-corrected chi connectivity index (χ3v) is 2.85. The van der Waals surface area contributed by atoms with Crippen LogP contribution in [0.2, 0.25) is 0 Å². The maximum absolute atomic E-state index is 6.09. The number of aryl methyl sites for hydroxylation is 1. The van der Waals surface area contributed by atoms with Crippen molar-refractivity contribution < 1.29 is 4.52 Å². The highest BCUT2D eigenvalue weighted by Gasteiger charge is 2.16. The molecule has 18 heavy (non-hydrogen) atoms. The molecule has 2 N–H and O–H groups in total. The highest BCUT2D eigenvalue weighted by atomic mass is 16.5. The van der Waals surface area contributed by atoms with Gasteiger partial charge in [0.25, 0.3) is 0 Å². The van der Waals surface area contributed by atoms with E-state index in [9.17, 15) is 0 Å². The van der Waals surface area contributed by atoms with Crippen LogP contribution in [0.1, 0.15) is 43.6 Å². The Morgan fingerprint density at radius 1 is 1.22 bits per heavy atom. The SMILES string of the molecule is CC(C)CCc1noc([C@H](N)c2ccccc2)n1. The molecule has 0 bridgehead atoms. The molecular weight excluding hydrogens is 226 g/mol. The van der Waals surface area contributed by atoms with Gasteiger partial charge in [-0.05, 0) is 17.9 Å². The minimum Gasteiger partial charge on any atom is -0.337 e. The molecule has 2 aromatic rings. The molecule has 0 radical (unpaired) electrons. The van der Waals surface area contributed by atoms with Crippen LogP contribution >= 0.6 is 0 Å². The second-order valence-corrected chi connectivity index (χ2v) is 4.87. The van der Waals surface area contributed by atoms with Crippen molar-refractivity contribution >= 4 is 0 Å². The van der Waals surface area contributed by atoms with Crippen LogP contribution in [0.25, 0.3) is 0 Å². The standard InChI is InChI=1S/C14H19N3O/c1-10(2)8-9-12-16-14(18-17-12)13(15)11-6-4-3-5-7-11/h3-7,10,13H,8-9,15H2,1-2H3/t13-/m1/s1. The first-order chi connectivity index (χ1) is 8.66. The third-order valence-electron chi connectivity index (χ3n) is 2.85. The smallest absolute Gasteiger partial charge is 0.248 e. The average molecular weight is 245 g/mol. The van der Waals surface area contributed by atoms with Crippen molar-refractivity contribution in [3.8, 4) is 0 Å². The van der Waals surface area contributed by atoms with Crippen LogP contribution < -0.4 is 5.73 Å². The summed E-state index contributed by atoms with van der Waals surface area (Å²) in [6.45, 7) is 4.35. The molecular formula is C14H19N3O. The molecule has 0 fully saturated rings. The van der Waals surface area contributed by atoms with Gasteiger partial charge in [-0.1, -0.05) is 49.3 Å². The Morgan fingerprint density at radius 2 is 1.94 bits per heavy atom. The normalized spacial score (nSPS) is 12.9. The molecule has 0 aliphatic carbocycles. The van der Waals surface area contributed by atoms with E-state index >= 15 is 0 Å². The van der Waals surface area contributed by atoms with Crippen LogP contribution in [0.3, 0.4) is 0 Å². The monoisotopic (exact) mass is 245 g/mol. The Morgan fingerprint density at radius 3 is 2.61 bits per heavy atom. The molecule has 96 valence electrons. The van der Waals surface area contributed by atoms with Gasteiger partial charge in [0.1, 0.15) is 6.04 Å². The Labute approximate surface area is 107 Å². The van der Waals surface area contributed by atoms with Gasteiger partial charge in [0.05, 0.1) is 0 Å². The Kier molecular flexibility index (Phi) is 4.10. The van der Waals surface area contributed by atoms with E-state index in [-0.39, 0.29) is 6.04 Å². The second-order valence-electron chi connectivity index (χ2n) is 4.87. The van der Waals surface area contributed by atoms with Crippen LogP contribution in [-0.4, -0.2) is 10.1 Å². The topological polar surface area (TPSA) is 64.9 Å². The number of benzene rings is 1. The van der Waals surface area contributed by atoms with E-state index in [0.717, 1.165) is 24.2 Å². The summed E-state index contributed by atoms with van der Waals surface area (Å²) in [6, 6.07) is 9.44. The van der Waals surface area contributed by atoms with E-state index < -0.39 is 0 Å². The maximum Gasteiger partial charge on any atom is 0.248 e. The summed E-state index contributed by atoms with van der Waals surface area (Å²) in [7, 11) is 0. The quantitative estimate of drug-likeness (QED) is 0.879. The number of nitrogens with zero attached hydrogens (tertiary/aromatic N) is 2. The van der Waals surface area contributed by atoms with Gasteiger partial charge in [-0.25, -0.2) is 0 Å². The number of nitrogens with two attached hydrogens (primary N) is 1. The molecule has 0 aliphatic heterocycles. The van der Waals surface area contributed by atoms with Crippen LogP contribution in [0.15, 0.2) is 34.9 Å². The van der Waals surface area contributed by atoms with Crippen LogP contribution in [0.4, 0.5) is 0 Å². The molecule has 0 saturated heterocycles. The van der Waals surface area contributed by atoms with Crippen molar-refractivity contribution in [2.45, 2.75) is 32.7 Å². The van der Waals surface area contributed by atoms with Gasteiger partial charge in [0, 0.05) is 6.42 Å². The second kappa shape index (κ2) is 5.78. The molecule has 0 amide bonds. The minimum absolute atomic E-state index is 0.341. The number of rotatable bonds is 5. The van der Waals surface area contributed by atoms with Gasteiger partial charge >= 0.3 is 0 Å². The highest BCUT2D eigenvalue weighted by Crippen LogP contribution is 2.18. The van der Waals surface area contributed by atoms with E-state index in [2.05, 4.69) is 24.0 Å². The first-order valence-corrected chi connectivity index (χ1v) is 6.30. The zero-order chi connectivity index (χ0) is 13.0. The van der Waals surface area contributed by atoms with Crippen molar-refractivity contribution in [3.63, 3.8) is 0 Å². The summed E-state index contributed by atoms with van der Waals surface area (Å²) in [6.07, 6.45) is 1.89. The van der Waals surface area contributed by atoms with Crippen molar-refractivity contribution in [1.29, 1.82) is 0 Å². The third kappa shape index (κ3) is 3.17. The number of hydrogen-bond acceptors (Lipinski definition) is 4. The van der Waals surface area contributed by atoms with E-state index in [1.165, 1.54) is 0 Å². The molecule has 1 atom stereocenters. The minimum atomic E-state index is -0.341. The number of aromatic nitrogens is 2. The molecule has 4 nitrogen and oxygen atoms in total. The van der Waals surface area contributed by atoms with Gasteiger partial charge in [-0.3, -0.25) is 0 Å². The summed E-state index contributed by atoms with van der Waals surface area (Å²) >= 11 is 0. The molecule has 1 aromatic carbocycles. The highest BCUT2D eigenvalue weighted by molar-refractivity contribution is 5.22.